The van der Waals surface area contributed by atoms with Crippen molar-refractivity contribution in [3.63, 3.8) is 0 Å². The molecule has 2 rings (SSSR count). The highest BCUT2D eigenvalue weighted by atomic mass is 16.5. The molecule has 3 N–H and O–H groups in total. The summed E-state index contributed by atoms with van der Waals surface area (Å²) in [6, 6.07) is 3.88. The molecule has 1 heterocycles. The molecule has 0 bridgehead atoms. The van der Waals surface area contributed by atoms with Crippen molar-refractivity contribution in [1.82, 2.24) is 0 Å². The summed E-state index contributed by atoms with van der Waals surface area (Å²) in [5.74, 6) is 0.951. The van der Waals surface area contributed by atoms with E-state index in [0.717, 1.165) is 29.7 Å². The number of benzene rings is 1. The normalized spacial score (nSPS) is 19.4. The van der Waals surface area contributed by atoms with Gasteiger partial charge in [-0.3, -0.25) is 0 Å². The van der Waals surface area contributed by atoms with Crippen molar-refractivity contribution in [2.75, 3.05) is 6.54 Å². The summed E-state index contributed by atoms with van der Waals surface area (Å²) < 4.78 is 5.96. The molecule has 17 heavy (non-hydrogen) atoms. The first-order valence-corrected chi connectivity index (χ1v) is 6.14. The monoisotopic (exact) mass is 235 g/mol. The van der Waals surface area contributed by atoms with E-state index in [2.05, 4.69) is 13.8 Å². The summed E-state index contributed by atoms with van der Waals surface area (Å²) in [6.45, 7) is 6.50. The SMILES string of the molecule is Cc1c(C(O)CN)ccc2c1CCC(C)(C)O2. The van der Waals surface area contributed by atoms with Gasteiger partial charge in [0.15, 0.2) is 0 Å². The predicted molar refractivity (Wildman–Crippen MR) is 68.2 cm³/mol. The molecule has 0 amide bonds. The van der Waals surface area contributed by atoms with E-state index >= 15 is 0 Å². The van der Waals surface area contributed by atoms with Crippen LogP contribution in [0.25, 0.3) is 0 Å². The number of aliphatic hydroxyl groups is 1. The van der Waals surface area contributed by atoms with Crippen LogP contribution in [0.15, 0.2) is 12.1 Å². The van der Waals surface area contributed by atoms with Gasteiger partial charge in [0.05, 0.1) is 6.10 Å². The fourth-order valence-electron chi connectivity index (χ4n) is 2.42. The summed E-state index contributed by atoms with van der Waals surface area (Å²) >= 11 is 0. The van der Waals surface area contributed by atoms with Crippen LogP contribution < -0.4 is 10.5 Å². The van der Waals surface area contributed by atoms with Gasteiger partial charge < -0.3 is 15.6 Å². The van der Waals surface area contributed by atoms with Crippen LogP contribution in [0.3, 0.4) is 0 Å². The van der Waals surface area contributed by atoms with Gasteiger partial charge in [-0.1, -0.05) is 6.07 Å². The molecule has 94 valence electrons. The molecule has 1 atom stereocenters. The Morgan fingerprint density at radius 3 is 2.82 bits per heavy atom. The summed E-state index contributed by atoms with van der Waals surface area (Å²) in [6.07, 6.45) is 1.43. The Bertz CT molecular complexity index is 426. The van der Waals surface area contributed by atoms with Gasteiger partial charge in [0.1, 0.15) is 11.4 Å². The summed E-state index contributed by atoms with van der Waals surface area (Å²) in [5, 5.41) is 9.85. The van der Waals surface area contributed by atoms with Gasteiger partial charge >= 0.3 is 0 Å². The molecular formula is C14H21NO2. The second-order valence-corrected chi connectivity index (χ2v) is 5.37. The zero-order valence-corrected chi connectivity index (χ0v) is 10.8. The van der Waals surface area contributed by atoms with E-state index in [9.17, 15) is 5.11 Å². The van der Waals surface area contributed by atoms with Crippen molar-refractivity contribution >= 4 is 0 Å². The lowest BCUT2D eigenvalue weighted by Crippen LogP contribution is -2.33. The lowest BCUT2D eigenvalue weighted by molar-refractivity contribution is 0.0841. The Kier molecular flexibility index (Phi) is 3.15. The Morgan fingerprint density at radius 2 is 2.18 bits per heavy atom. The van der Waals surface area contributed by atoms with E-state index in [1.54, 1.807) is 0 Å². The number of rotatable bonds is 2. The Hall–Kier alpha value is -1.06. The van der Waals surface area contributed by atoms with Crippen molar-refractivity contribution in [1.29, 1.82) is 0 Å². The van der Waals surface area contributed by atoms with E-state index in [4.69, 9.17) is 10.5 Å². The highest BCUT2D eigenvalue weighted by Gasteiger charge is 2.28. The maximum absolute atomic E-state index is 9.85. The van der Waals surface area contributed by atoms with Gasteiger partial charge in [0.25, 0.3) is 0 Å². The zero-order chi connectivity index (χ0) is 12.6. The first kappa shape index (κ1) is 12.4. The van der Waals surface area contributed by atoms with Gasteiger partial charge in [-0.2, -0.15) is 0 Å². The van der Waals surface area contributed by atoms with Crippen molar-refractivity contribution in [2.45, 2.75) is 45.3 Å². The molecular weight excluding hydrogens is 214 g/mol. The number of nitrogens with two attached hydrogens (primary N) is 1. The van der Waals surface area contributed by atoms with Crippen molar-refractivity contribution in [2.24, 2.45) is 5.73 Å². The number of hydrogen-bond acceptors (Lipinski definition) is 3. The predicted octanol–water partition coefficient (Wildman–Crippen LogP) is 2.09. The molecule has 0 saturated heterocycles. The zero-order valence-electron chi connectivity index (χ0n) is 10.8. The second kappa shape index (κ2) is 4.31. The molecule has 1 unspecified atom stereocenters. The number of ether oxygens (including phenoxy) is 1. The summed E-state index contributed by atoms with van der Waals surface area (Å²) in [7, 11) is 0. The van der Waals surface area contributed by atoms with Crippen LogP contribution in [0.5, 0.6) is 5.75 Å². The van der Waals surface area contributed by atoms with E-state index in [1.165, 1.54) is 5.56 Å². The highest BCUT2D eigenvalue weighted by Crippen LogP contribution is 2.37. The third-order valence-electron chi connectivity index (χ3n) is 3.54. The van der Waals surface area contributed by atoms with Crippen molar-refractivity contribution in [3.8, 4) is 5.75 Å². The van der Waals surface area contributed by atoms with Gasteiger partial charge in [-0.25, -0.2) is 0 Å². The van der Waals surface area contributed by atoms with E-state index in [-0.39, 0.29) is 12.1 Å². The molecule has 1 aromatic carbocycles. The molecule has 0 aromatic heterocycles. The van der Waals surface area contributed by atoms with Gasteiger partial charge in [-0.05, 0) is 56.4 Å². The molecule has 0 saturated carbocycles. The average Bonchev–Trinajstić information content (AvgIpc) is 2.27. The fraction of sp³-hybridized carbons (Fsp3) is 0.571. The minimum Gasteiger partial charge on any atom is -0.488 e. The molecule has 0 fully saturated rings. The lowest BCUT2D eigenvalue weighted by atomic mass is 9.89. The van der Waals surface area contributed by atoms with E-state index < -0.39 is 6.10 Å². The number of hydrogen-bond donors (Lipinski definition) is 2. The smallest absolute Gasteiger partial charge is 0.123 e. The Morgan fingerprint density at radius 1 is 1.47 bits per heavy atom. The van der Waals surface area contributed by atoms with Gasteiger partial charge in [-0.15, -0.1) is 0 Å². The topological polar surface area (TPSA) is 55.5 Å². The molecule has 0 radical (unpaired) electrons. The number of fused-ring (bicyclic) bond motifs is 1. The molecule has 0 spiro atoms. The fourth-order valence-corrected chi connectivity index (χ4v) is 2.42. The van der Waals surface area contributed by atoms with Crippen LogP contribution in [0.4, 0.5) is 0 Å². The first-order chi connectivity index (χ1) is 7.94. The van der Waals surface area contributed by atoms with Crippen LogP contribution in [0.1, 0.15) is 43.1 Å². The van der Waals surface area contributed by atoms with E-state index in [0.29, 0.717) is 0 Å². The second-order valence-electron chi connectivity index (χ2n) is 5.37. The highest BCUT2D eigenvalue weighted by molar-refractivity contribution is 5.47. The van der Waals surface area contributed by atoms with Crippen LogP contribution in [0, 0.1) is 6.92 Å². The standard InChI is InChI=1S/C14H21NO2/c1-9-10(12(16)8-15)4-5-13-11(9)6-7-14(2,3)17-13/h4-5,12,16H,6-8,15H2,1-3H3. The maximum Gasteiger partial charge on any atom is 0.123 e. The van der Waals surface area contributed by atoms with E-state index in [1.807, 2.05) is 19.1 Å². The molecule has 3 heteroatoms. The maximum atomic E-state index is 9.85. The molecule has 1 aliphatic rings. The Balaban J connectivity index is 2.41. The van der Waals surface area contributed by atoms with Crippen molar-refractivity contribution in [3.05, 3.63) is 28.8 Å². The van der Waals surface area contributed by atoms with Crippen LogP contribution in [-0.4, -0.2) is 17.3 Å². The number of aliphatic hydroxyl groups excluding tert-OH is 1. The molecule has 1 aromatic rings. The third-order valence-corrected chi connectivity index (χ3v) is 3.54. The minimum absolute atomic E-state index is 0.0898. The van der Waals surface area contributed by atoms with Crippen LogP contribution in [0.2, 0.25) is 0 Å². The van der Waals surface area contributed by atoms with Gasteiger partial charge in [0, 0.05) is 6.54 Å². The molecule has 1 aliphatic heterocycles. The van der Waals surface area contributed by atoms with Crippen molar-refractivity contribution < 1.29 is 9.84 Å². The Labute approximate surface area is 103 Å². The quantitative estimate of drug-likeness (QED) is 0.825. The third kappa shape index (κ3) is 2.31. The first-order valence-electron chi connectivity index (χ1n) is 6.14. The molecule has 0 aliphatic carbocycles. The lowest BCUT2D eigenvalue weighted by Gasteiger charge is -2.34. The largest absolute Gasteiger partial charge is 0.488 e. The van der Waals surface area contributed by atoms with Crippen LogP contribution >= 0.6 is 0 Å². The summed E-state index contributed by atoms with van der Waals surface area (Å²) in [4.78, 5) is 0. The average molecular weight is 235 g/mol. The minimum atomic E-state index is -0.574. The van der Waals surface area contributed by atoms with Gasteiger partial charge in [0.2, 0.25) is 0 Å². The van der Waals surface area contributed by atoms with Crippen LogP contribution in [-0.2, 0) is 6.42 Å². The summed E-state index contributed by atoms with van der Waals surface area (Å²) in [5.41, 5.74) is 8.68. The molecule has 3 nitrogen and oxygen atoms in total.